The summed E-state index contributed by atoms with van der Waals surface area (Å²) in [4.78, 5) is 0. The number of nitrogens with zero attached hydrogens (tertiary/aromatic N) is 3. The molecule has 3 rings (SSSR count). The Labute approximate surface area is 96.2 Å². The summed E-state index contributed by atoms with van der Waals surface area (Å²) < 4.78 is 2.21. The van der Waals surface area contributed by atoms with Gasteiger partial charge in [0.05, 0.1) is 17.4 Å². The van der Waals surface area contributed by atoms with Crippen molar-refractivity contribution in [3.63, 3.8) is 0 Å². The number of rotatable bonds is 4. The van der Waals surface area contributed by atoms with Gasteiger partial charge in [0.15, 0.2) is 0 Å². The molecule has 2 aliphatic carbocycles. The minimum Gasteiger partial charge on any atom is -0.330 e. The monoisotopic (exact) mass is 220 g/mol. The molecular formula is C12H20N4. The molecule has 0 spiro atoms. The van der Waals surface area contributed by atoms with Crippen LogP contribution >= 0.6 is 0 Å². The Morgan fingerprint density at radius 1 is 1.44 bits per heavy atom. The van der Waals surface area contributed by atoms with E-state index in [1.165, 1.54) is 31.4 Å². The molecule has 4 nitrogen and oxygen atoms in total. The molecule has 0 aromatic carbocycles. The van der Waals surface area contributed by atoms with Crippen LogP contribution in [0.15, 0.2) is 0 Å². The molecule has 1 aromatic rings. The van der Waals surface area contributed by atoms with Crippen molar-refractivity contribution in [2.45, 2.75) is 51.0 Å². The molecule has 2 N–H and O–H groups in total. The number of hydrogen-bond donors (Lipinski definition) is 1. The van der Waals surface area contributed by atoms with Crippen molar-refractivity contribution in [1.82, 2.24) is 15.0 Å². The highest BCUT2D eigenvalue weighted by Gasteiger charge is 2.39. The lowest BCUT2D eigenvalue weighted by molar-refractivity contribution is 0.383. The highest BCUT2D eigenvalue weighted by Crippen LogP contribution is 2.46. The summed E-state index contributed by atoms with van der Waals surface area (Å²) in [6.07, 6.45) is 6.13. The molecule has 0 amide bonds. The zero-order chi connectivity index (χ0) is 11.1. The molecule has 0 radical (unpaired) electrons. The first-order valence-corrected chi connectivity index (χ1v) is 6.45. The van der Waals surface area contributed by atoms with Crippen molar-refractivity contribution in [3.8, 4) is 0 Å². The van der Waals surface area contributed by atoms with E-state index in [9.17, 15) is 0 Å². The number of aromatic nitrogens is 3. The maximum Gasteiger partial charge on any atom is 0.0874 e. The normalized spacial score (nSPS) is 29.1. The van der Waals surface area contributed by atoms with E-state index >= 15 is 0 Å². The van der Waals surface area contributed by atoms with Gasteiger partial charge in [-0.2, -0.15) is 0 Å². The van der Waals surface area contributed by atoms with Gasteiger partial charge in [0.2, 0.25) is 0 Å². The van der Waals surface area contributed by atoms with Gasteiger partial charge in [0.1, 0.15) is 0 Å². The second-order valence-electron chi connectivity index (χ2n) is 5.31. The number of nitrogens with two attached hydrogens (primary N) is 1. The molecule has 1 aromatic heterocycles. The van der Waals surface area contributed by atoms with Crippen molar-refractivity contribution in [2.75, 3.05) is 6.54 Å². The Morgan fingerprint density at radius 3 is 2.69 bits per heavy atom. The summed E-state index contributed by atoms with van der Waals surface area (Å²) >= 11 is 0. The van der Waals surface area contributed by atoms with Crippen molar-refractivity contribution in [3.05, 3.63) is 11.4 Å². The van der Waals surface area contributed by atoms with Crippen LogP contribution in [0.2, 0.25) is 0 Å². The number of hydrogen-bond acceptors (Lipinski definition) is 3. The van der Waals surface area contributed by atoms with Crippen LogP contribution in [-0.4, -0.2) is 21.5 Å². The molecule has 16 heavy (non-hydrogen) atoms. The molecule has 0 aliphatic heterocycles. The molecule has 1 heterocycles. The lowest BCUT2D eigenvalue weighted by Gasteiger charge is -2.26. The van der Waals surface area contributed by atoms with E-state index in [0.717, 1.165) is 18.0 Å². The van der Waals surface area contributed by atoms with Crippen LogP contribution in [0.1, 0.15) is 56.0 Å². The van der Waals surface area contributed by atoms with Crippen LogP contribution in [0.25, 0.3) is 0 Å². The molecule has 4 heteroatoms. The molecule has 0 bridgehead atoms. The minimum atomic E-state index is 0.620. The Balaban J connectivity index is 1.91. The lowest BCUT2D eigenvalue weighted by atomic mass is 9.81. The van der Waals surface area contributed by atoms with E-state index in [4.69, 9.17) is 5.73 Å². The first-order chi connectivity index (χ1) is 7.81. The van der Waals surface area contributed by atoms with E-state index in [2.05, 4.69) is 21.9 Å². The van der Waals surface area contributed by atoms with Gasteiger partial charge in [-0.15, -0.1) is 5.10 Å². The van der Waals surface area contributed by atoms with E-state index in [1.807, 2.05) is 0 Å². The standard InChI is InChI=1S/C12H20N4/c1-8-7-11(8)16-12(9-3-2-4-9)10(5-6-13)14-15-16/h8-9,11H,2-7,13H2,1H3. The molecule has 2 atom stereocenters. The average Bonchev–Trinajstić information content (AvgIpc) is 2.77. The van der Waals surface area contributed by atoms with Gasteiger partial charge in [-0.05, 0) is 31.7 Å². The molecule has 2 unspecified atom stereocenters. The maximum atomic E-state index is 5.64. The van der Waals surface area contributed by atoms with Crippen LogP contribution in [0, 0.1) is 5.92 Å². The van der Waals surface area contributed by atoms with Gasteiger partial charge in [-0.1, -0.05) is 18.6 Å². The Bertz CT molecular complexity index is 380. The summed E-state index contributed by atoms with van der Waals surface area (Å²) in [5, 5.41) is 8.70. The van der Waals surface area contributed by atoms with Crippen molar-refractivity contribution in [1.29, 1.82) is 0 Å². The molecule has 0 saturated heterocycles. The van der Waals surface area contributed by atoms with E-state index < -0.39 is 0 Å². The smallest absolute Gasteiger partial charge is 0.0874 e. The van der Waals surface area contributed by atoms with E-state index in [-0.39, 0.29) is 0 Å². The van der Waals surface area contributed by atoms with Crippen molar-refractivity contribution in [2.24, 2.45) is 11.7 Å². The lowest BCUT2D eigenvalue weighted by Crippen LogP contribution is -2.17. The summed E-state index contributed by atoms with van der Waals surface area (Å²) in [5.74, 6) is 1.50. The largest absolute Gasteiger partial charge is 0.330 e. The third kappa shape index (κ3) is 1.56. The van der Waals surface area contributed by atoms with Crippen molar-refractivity contribution < 1.29 is 0 Å². The highest BCUT2D eigenvalue weighted by atomic mass is 15.5. The predicted octanol–water partition coefficient (Wildman–Crippen LogP) is 1.63. The topological polar surface area (TPSA) is 56.7 Å². The van der Waals surface area contributed by atoms with Gasteiger partial charge in [-0.3, -0.25) is 0 Å². The third-order valence-electron chi connectivity index (χ3n) is 4.06. The van der Waals surface area contributed by atoms with E-state index in [0.29, 0.717) is 18.5 Å². The molecule has 2 fully saturated rings. The average molecular weight is 220 g/mol. The fourth-order valence-corrected chi connectivity index (χ4v) is 2.64. The van der Waals surface area contributed by atoms with Crippen LogP contribution in [-0.2, 0) is 6.42 Å². The van der Waals surface area contributed by atoms with E-state index in [1.54, 1.807) is 0 Å². The van der Waals surface area contributed by atoms with Gasteiger partial charge in [0.25, 0.3) is 0 Å². The molecular weight excluding hydrogens is 200 g/mol. The summed E-state index contributed by atoms with van der Waals surface area (Å²) in [7, 11) is 0. The van der Waals surface area contributed by atoms with Crippen LogP contribution in [0.5, 0.6) is 0 Å². The van der Waals surface area contributed by atoms with Crippen LogP contribution in [0.4, 0.5) is 0 Å². The first kappa shape index (κ1) is 10.3. The second kappa shape index (κ2) is 3.84. The fourth-order valence-electron chi connectivity index (χ4n) is 2.64. The van der Waals surface area contributed by atoms with Crippen LogP contribution < -0.4 is 5.73 Å². The summed E-state index contributed by atoms with van der Waals surface area (Å²) in [6, 6.07) is 0.620. The Morgan fingerprint density at radius 2 is 2.19 bits per heavy atom. The van der Waals surface area contributed by atoms with Gasteiger partial charge >= 0.3 is 0 Å². The molecule has 88 valence electrons. The minimum absolute atomic E-state index is 0.620. The third-order valence-corrected chi connectivity index (χ3v) is 4.06. The predicted molar refractivity (Wildman–Crippen MR) is 62.2 cm³/mol. The highest BCUT2D eigenvalue weighted by molar-refractivity contribution is 5.20. The summed E-state index contributed by atoms with van der Waals surface area (Å²) in [5.41, 5.74) is 8.21. The quantitative estimate of drug-likeness (QED) is 0.839. The fraction of sp³-hybridized carbons (Fsp3) is 0.833. The molecule has 2 saturated carbocycles. The summed E-state index contributed by atoms with van der Waals surface area (Å²) in [6.45, 7) is 2.97. The zero-order valence-corrected chi connectivity index (χ0v) is 9.89. The van der Waals surface area contributed by atoms with Crippen LogP contribution in [0.3, 0.4) is 0 Å². The maximum absolute atomic E-state index is 5.64. The molecule has 2 aliphatic rings. The van der Waals surface area contributed by atoms with Gasteiger partial charge in [-0.25, -0.2) is 4.68 Å². The van der Waals surface area contributed by atoms with Gasteiger partial charge < -0.3 is 5.73 Å². The first-order valence-electron chi connectivity index (χ1n) is 6.45. The SMILES string of the molecule is CC1CC1n1nnc(CCN)c1C1CCC1. The Hall–Kier alpha value is -0.900. The van der Waals surface area contributed by atoms with Gasteiger partial charge in [0, 0.05) is 12.3 Å². The zero-order valence-electron chi connectivity index (χ0n) is 9.89. The van der Waals surface area contributed by atoms with Crippen molar-refractivity contribution >= 4 is 0 Å². The Kier molecular flexibility index (Phi) is 2.46. The second-order valence-corrected chi connectivity index (χ2v) is 5.31.